The molecule has 0 aromatic heterocycles. The second kappa shape index (κ2) is 34.6. The second-order valence-corrected chi connectivity index (χ2v) is 16.9. The van der Waals surface area contributed by atoms with Gasteiger partial charge >= 0.3 is 0 Å². The molecule has 8 heteroatoms. The molecule has 0 spiro atoms. The van der Waals surface area contributed by atoms with E-state index in [2.05, 4.69) is 84.9 Å². The predicted octanol–water partition coefficient (Wildman–Crippen LogP) is 13.6. The number of para-hydroxylation sites is 2. The third-order valence-corrected chi connectivity index (χ3v) is 11.6. The van der Waals surface area contributed by atoms with Crippen LogP contribution in [0.5, 0.6) is 11.5 Å². The van der Waals surface area contributed by atoms with Crippen molar-refractivity contribution in [2.75, 3.05) is 79.3 Å². The predicted molar refractivity (Wildman–Crippen MR) is 260 cm³/mol. The number of rotatable bonds is 0. The minimum Gasteiger partial charge on any atom is -0.493 e. The Morgan fingerprint density at radius 2 is 0.500 bits per heavy atom. The summed E-state index contributed by atoms with van der Waals surface area (Å²) < 4.78 is 48.7. The average Bonchev–Trinajstić information content (AvgIpc) is 3.33. The summed E-state index contributed by atoms with van der Waals surface area (Å²) in [5.41, 5.74) is 6.67. The zero-order valence-corrected chi connectivity index (χ0v) is 39.1. The summed E-state index contributed by atoms with van der Waals surface area (Å²) in [6, 6.07) is 33.7. The quantitative estimate of drug-likeness (QED) is 0.173. The fraction of sp³-hybridized carbons (Fsp3) is 0.571. The van der Waals surface area contributed by atoms with E-state index in [4.69, 9.17) is 37.9 Å². The molecular weight excluding hydrogens is 801 g/mol. The molecule has 0 saturated heterocycles. The average molecular weight is 881 g/mol. The molecule has 0 radical (unpaired) electrons. The van der Waals surface area contributed by atoms with Gasteiger partial charge in [0.2, 0.25) is 0 Å². The standard InChI is InChI=1S/C56H80O8/c1-15-35-57-36-16-2-18-38-59-40-20-4-22-42-61-44-24-6-26-46-63-55-33-13-11-31-53(55)52-30-10-8-28-50(52)48-64-56-34-14-12-32-54(56)51-29-9-7-27-49(51)47-62-45-25-5-23-43-60-41-21-3-19-39-58-37-17-1/h7-14,27-34H,1-6,15-26,35-48H2. The highest BCUT2D eigenvalue weighted by Gasteiger charge is 2.14. The highest BCUT2D eigenvalue weighted by Crippen LogP contribution is 2.36. The van der Waals surface area contributed by atoms with Gasteiger partial charge in [0.15, 0.2) is 0 Å². The van der Waals surface area contributed by atoms with Crippen molar-refractivity contribution in [2.24, 2.45) is 0 Å². The molecule has 4 aromatic carbocycles. The molecule has 0 unspecified atom stereocenters. The maximum atomic E-state index is 6.65. The molecule has 0 atom stereocenters. The topological polar surface area (TPSA) is 73.8 Å². The Balaban J connectivity index is 1.08. The number of benzene rings is 4. The van der Waals surface area contributed by atoms with Gasteiger partial charge in [0.05, 0.1) is 13.2 Å². The number of ether oxygens (including phenoxy) is 8. The molecule has 5 rings (SSSR count). The normalized spacial score (nSPS) is 19.0. The van der Waals surface area contributed by atoms with Gasteiger partial charge in [-0.15, -0.1) is 0 Å². The Kier molecular flexibility index (Phi) is 27.7. The summed E-state index contributed by atoms with van der Waals surface area (Å²) in [6.07, 6.45) is 19.8. The Morgan fingerprint density at radius 1 is 0.219 bits per heavy atom. The van der Waals surface area contributed by atoms with Crippen LogP contribution in [0, 0.1) is 0 Å². The molecule has 0 amide bonds. The van der Waals surface area contributed by atoms with Crippen molar-refractivity contribution in [3.8, 4) is 33.8 Å². The minimum absolute atomic E-state index is 0.434. The lowest BCUT2D eigenvalue weighted by atomic mass is 9.98. The summed E-state index contributed by atoms with van der Waals surface area (Å²) in [4.78, 5) is 0. The van der Waals surface area contributed by atoms with Crippen LogP contribution in [0.1, 0.15) is 127 Å². The van der Waals surface area contributed by atoms with Gasteiger partial charge in [-0.25, -0.2) is 0 Å². The second-order valence-electron chi connectivity index (χ2n) is 16.9. The van der Waals surface area contributed by atoms with Gasteiger partial charge in [-0.3, -0.25) is 0 Å². The van der Waals surface area contributed by atoms with Crippen molar-refractivity contribution in [1.82, 2.24) is 0 Å². The molecule has 0 fully saturated rings. The maximum Gasteiger partial charge on any atom is 0.127 e. The maximum absolute atomic E-state index is 6.65. The first-order valence-electron chi connectivity index (χ1n) is 25.0. The first-order valence-corrected chi connectivity index (χ1v) is 25.0. The number of hydrogen-bond donors (Lipinski definition) is 0. The zero-order chi connectivity index (χ0) is 44.2. The lowest BCUT2D eigenvalue weighted by Gasteiger charge is -2.17. The summed E-state index contributed by atoms with van der Waals surface area (Å²) in [6.45, 7) is 10.8. The first kappa shape index (κ1) is 51.2. The van der Waals surface area contributed by atoms with Crippen molar-refractivity contribution >= 4 is 0 Å². The van der Waals surface area contributed by atoms with E-state index in [0.29, 0.717) is 19.8 Å². The molecule has 0 aliphatic carbocycles. The van der Waals surface area contributed by atoms with Crippen molar-refractivity contribution in [3.63, 3.8) is 0 Å². The van der Waals surface area contributed by atoms with Crippen molar-refractivity contribution in [1.29, 1.82) is 0 Å². The van der Waals surface area contributed by atoms with Gasteiger partial charge < -0.3 is 37.9 Å². The van der Waals surface area contributed by atoms with Crippen LogP contribution >= 0.6 is 0 Å². The first-order chi connectivity index (χ1) is 31.9. The molecule has 64 heavy (non-hydrogen) atoms. The molecule has 8 nitrogen and oxygen atoms in total. The summed E-state index contributed by atoms with van der Waals surface area (Å²) >= 11 is 0. The van der Waals surface area contributed by atoms with Crippen LogP contribution in [0.4, 0.5) is 0 Å². The van der Waals surface area contributed by atoms with E-state index in [1.165, 1.54) is 12.8 Å². The SMILES string of the molecule is c1ccc2c(c1)COCCCCCOCCCCCOCCCCCOCCCCCOCCCCCOCCCCCOc1ccccc1-c1ccccc1COc1ccccc1-2. The molecular formula is C56H80O8. The summed E-state index contributed by atoms with van der Waals surface area (Å²) in [5.74, 6) is 1.75. The van der Waals surface area contributed by atoms with E-state index < -0.39 is 0 Å². The van der Waals surface area contributed by atoms with Crippen LogP contribution in [0.15, 0.2) is 97.1 Å². The van der Waals surface area contributed by atoms with Gasteiger partial charge in [0.25, 0.3) is 0 Å². The van der Waals surface area contributed by atoms with E-state index >= 15 is 0 Å². The Morgan fingerprint density at radius 3 is 0.891 bits per heavy atom. The molecule has 352 valence electrons. The Labute approximate surface area is 386 Å². The fourth-order valence-electron chi connectivity index (χ4n) is 7.89. The Hall–Kier alpha value is -3.76. The van der Waals surface area contributed by atoms with E-state index in [1.54, 1.807) is 0 Å². The van der Waals surface area contributed by atoms with E-state index in [-0.39, 0.29) is 0 Å². The van der Waals surface area contributed by atoms with Gasteiger partial charge in [0.1, 0.15) is 18.1 Å². The molecule has 0 bridgehead atoms. The van der Waals surface area contributed by atoms with Crippen LogP contribution in [0.2, 0.25) is 0 Å². The molecule has 1 aliphatic heterocycles. The third kappa shape index (κ3) is 21.5. The van der Waals surface area contributed by atoms with Gasteiger partial charge in [0, 0.05) is 83.8 Å². The molecule has 4 aromatic rings. The monoisotopic (exact) mass is 881 g/mol. The highest BCUT2D eigenvalue weighted by molar-refractivity contribution is 5.75. The summed E-state index contributed by atoms with van der Waals surface area (Å²) in [7, 11) is 0. The molecule has 0 N–H and O–H groups in total. The number of fused-ring (bicyclic) bond motifs is 6. The molecule has 0 saturated carbocycles. The van der Waals surface area contributed by atoms with Crippen molar-refractivity contribution in [3.05, 3.63) is 108 Å². The fourth-order valence-corrected chi connectivity index (χ4v) is 7.89. The summed E-state index contributed by atoms with van der Waals surface area (Å²) in [5, 5.41) is 0. The smallest absolute Gasteiger partial charge is 0.127 e. The van der Waals surface area contributed by atoms with Crippen LogP contribution < -0.4 is 9.47 Å². The van der Waals surface area contributed by atoms with Crippen LogP contribution in [0.25, 0.3) is 22.3 Å². The number of hydrogen-bond acceptors (Lipinski definition) is 8. The van der Waals surface area contributed by atoms with Gasteiger partial charge in [-0.1, -0.05) is 84.9 Å². The molecule has 1 aliphatic rings. The van der Waals surface area contributed by atoms with Crippen LogP contribution in [-0.2, 0) is 41.6 Å². The zero-order valence-electron chi connectivity index (χ0n) is 39.1. The third-order valence-electron chi connectivity index (χ3n) is 11.6. The van der Waals surface area contributed by atoms with Crippen LogP contribution in [0.3, 0.4) is 0 Å². The van der Waals surface area contributed by atoms with Gasteiger partial charge in [-0.05, 0) is 150 Å². The van der Waals surface area contributed by atoms with Gasteiger partial charge in [-0.2, -0.15) is 0 Å². The minimum atomic E-state index is 0.434. The lowest BCUT2D eigenvalue weighted by Crippen LogP contribution is -2.03. The Bertz CT molecular complexity index is 1620. The highest BCUT2D eigenvalue weighted by atomic mass is 16.5. The van der Waals surface area contributed by atoms with E-state index in [0.717, 1.165) is 220 Å². The van der Waals surface area contributed by atoms with Crippen LogP contribution in [-0.4, -0.2) is 79.3 Å². The largest absolute Gasteiger partial charge is 0.493 e. The van der Waals surface area contributed by atoms with Crippen molar-refractivity contribution in [2.45, 2.75) is 129 Å². The molecule has 1 heterocycles. The van der Waals surface area contributed by atoms with Crippen molar-refractivity contribution < 1.29 is 37.9 Å². The van der Waals surface area contributed by atoms with E-state index in [9.17, 15) is 0 Å². The lowest BCUT2D eigenvalue weighted by molar-refractivity contribution is 0.0990. The van der Waals surface area contributed by atoms with E-state index in [1.807, 2.05) is 12.1 Å².